The number of carbonyl (C=O) groups is 1. The molecule has 0 saturated heterocycles. The number of rotatable bonds is 6. The number of carbonyl (C=O) groups excluding carboxylic acids is 1. The van der Waals surface area contributed by atoms with Crippen LogP contribution in [0.15, 0.2) is 52.4 Å². The Morgan fingerprint density at radius 1 is 1.15 bits per heavy atom. The van der Waals surface area contributed by atoms with Crippen LogP contribution in [-0.2, 0) is 4.79 Å². The molecule has 3 aromatic rings. The molecule has 0 amide bonds. The molecule has 5 heteroatoms. The van der Waals surface area contributed by atoms with Gasteiger partial charge in [0.15, 0.2) is 5.16 Å². The standard InChI is InChI=1S/C21H22N2O2S/c1-14-10-11-19(15(2)13-14)23-20(25)17-8-4-5-9-18(17)22-21(23)26-12-6-7-16(3)24/h4-5,8-11,13H,6-7,12H2,1-3H3. The second-order valence-electron chi connectivity index (χ2n) is 6.50. The molecule has 26 heavy (non-hydrogen) atoms. The van der Waals surface area contributed by atoms with E-state index in [9.17, 15) is 9.59 Å². The van der Waals surface area contributed by atoms with Gasteiger partial charge in [0, 0.05) is 12.2 Å². The van der Waals surface area contributed by atoms with Gasteiger partial charge in [-0.05, 0) is 51.0 Å². The second kappa shape index (κ2) is 7.87. The second-order valence-corrected chi connectivity index (χ2v) is 7.56. The summed E-state index contributed by atoms with van der Waals surface area (Å²) in [5.41, 5.74) is 3.69. The highest BCUT2D eigenvalue weighted by atomic mass is 32.2. The van der Waals surface area contributed by atoms with E-state index in [1.165, 1.54) is 11.8 Å². The monoisotopic (exact) mass is 366 g/mol. The van der Waals surface area contributed by atoms with Crippen LogP contribution in [0.25, 0.3) is 16.6 Å². The van der Waals surface area contributed by atoms with Gasteiger partial charge in [-0.1, -0.05) is 41.6 Å². The maximum absolute atomic E-state index is 13.2. The van der Waals surface area contributed by atoms with Crippen molar-refractivity contribution in [2.75, 3.05) is 5.75 Å². The zero-order chi connectivity index (χ0) is 18.7. The molecule has 0 radical (unpaired) electrons. The van der Waals surface area contributed by atoms with E-state index in [4.69, 9.17) is 4.98 Å². The first kappa shape index (κ1) is 18.4. The first-order chi connectivity index (χ1) is 12.5. The van der Waals surface area contributed by atoms with E-state index in [-0.39, 0.29) is 11.3 Å². The molecule has 0 atom stereocenters. The average molecular weight is 366 g/mol. The van der Waals surface area contributed by atoms with Crippen molar-refractivity contribution in [3.63, 3.8) is 0 Å². The average Bonchev–Trinajstić information content (AvgIpc) is 2.60. The van der Waals surface area contributed by atoms with Crippen molar-refractivity contribution in [2.24, 2.45) is 0 Å². The molecule has 0 bridgehead atoms. The minimum Gasteiger partial charge on any atom is -0.300 e. The SMILES string of the molecule is CC(=O)CCCSc1nc2ccccc2c(=O)n1-c1ccc(C)cc1C. The molecule has 0 saturated carbocycles. The van der Waals surface area contributed by atoms with E-state index < -0.39 is 0 Å². The van der Waals surface area contributed by atoms with E-state index in [0.29, 0.717) is 22.5 Å². The first-order valence-corrected chi connectivity index (χ1v) is 9.67. The molecule has 0 spiro atoms. The number of nitrogens with zero attached hydrogens (tertiary/aromatic N) is 2. The summed E-state index contributed by atoms with van der Waals surface area (Å²) >= 11 is 1.53. The first-order valence-electron chi connectivity index (χ1n) is 8.69. The maximum Gasteiger partial charge on any atom is 0.266 e. The Hall–Kier alpha value is -2.40. The van der Waals surface area contributed by atoms with Gasteiger partial charge in [-0.3, -0.25) is 9.36 Å². The Morgan fingerprint density at radius 3 is 2.65 bits per heavy atom. The van der Waals surface area contributed by atoms with Crippen LogP contribution < -0.4 is 5.56 Å². The molecular weight excluding hydrogens is 344 g/mol. The number of benzene rings is 2. The zero-order valence-electron chi connectivity index (χ0n) is 15.3. The van der Waals surface area contributed by atoms with Gasteiger partial charge in [0.1, 0.15) is 5.78 Å². The summed E-state index contributed by atoms with van der Waals surface area (Å²) in [5, 5.41) is 1.28. The number of hydrogen-bond acceptors (Lipinski definition) is 4. The van der Waals surface area contributed by atoms with Crippen LogP contribution in [0.3, 0.4) is 0 Å². The fraction of sp³-hybridized carbons (Fsp3) is 0.286. The van der Waals surface area contributed by atoms with Crippen molar-refractivity contribution in [1.82, 2.24) is 9.55 Å². The van der Waals surface area contributed by atoms with E-state index in [2.05, 4.69) is 6.07 Å². The van der Waals surface area contributed by atoms with Crippen molar-refractivity contribution < 1.29 is 4.79 Å². The summed E-state index contributed by atoms with van der Waals surface area (Å²) in [6, 6.07) is 13.5. The Kier molecular flexibility index (Phi) is 5.57. The van der Waals surface area contributed by atoms with E-state index in [1.54, 1.807) is 11.5 Å². The summed E-state index contributed by atoms with van der Waals surface area (Å²) in [6.45, 7) is 5.65. The maximum atomic E-state index is 13.2. The molecule has 1 heterocycles. The van der Waals surface area contributed by atoms with Crippen molar-refractivity contribution >= 4 is 28.4 Å². The Balaban J connectivity index is 2.11. The van der Waals surface area contributed by atoms with Crippen LogP contribution in [0, 0.1) is 13.8 Å². The highest BCUT2D eigenvalue weighted by molar-refractivity contribution is 7.99. The molecule has 0 unspecified atom stereocenters. The van der Waals surface area contributed by atoms with Gasteiger partial charge in [-0.25, -0.2) is 4.98 Å². The molecule has 2 aromatic carbocycles. The van der Waals surface area contributed by atoms with Gasteiger partial charge in [0.2, 0.25) is 0 Å². The zero-order valence-corrected chi connectivity index (χ0v) is 16.1. The van der Waals surface area contributed by atoms with E-state index in [0.717, 1.165) is 29.0 Å². The lowest BCUT2D eigenvalue weighted by atomic mass is 10.1. The molecule has 0 fully saturated rings. The molecular formula is C21H22N2O2S. The number of aryl methyl sites for hydroxylation is 2. The van der Waals surface area contributed by atoms with Gasteiger partial charge in [0.25, 0.3) is 5.56 Å². The van der Waals surface area contributed by atoms with Gasteiger partial charge >= 0.3 is 0 Å². The van der Waals surface area contributed by atoms with Crippen LogP contribution in [0.1, 0.15) is 30.9 Å². The number of ketones is 1. The molecule has 0 aliphatic rings. The topological polar surface area (TPSA) is 52.0 Å². The fourth-order valence-electron chi connectivity index (χ4n) is 2.96. The van der Waals surface area contributed by atoms with Crippen molar-refractivity contribution in [3.05, 3.63) is 63.9 Å². The minimum absolute atomic E-state index is 0.0587. The molecule has 4 nitrogen and oxygen atoms in total. The number of Topliss-reactive ketones (excluding diaryl/α,β-unsaturated/α-hetero) is 1. The van der Waals surface area contributed by atoms with Gasteiger partial charge in [-0.2, -0.15) is 0 Å². The molecule has 3 rings (SSSR count). The predicted octanol–water partition coefficient (Wildman–Crippen LogP) is 4.46. The highest BCUT2D eigenvalue weighted by Gasteiger charge is 2.14. The number of fused-ring (bicyclic) bond motifs is 1. The van der Waals surface area contributed by atoms with Crippen molar-refractivity contribution in [2.45, 2.75) is 38.8 Å². The normalized spacial score (nSPS) is 11.0. The molecule has 0 N–H and O–H groups in total. The lowest BCUT2D eigenvalue weighted by Gasteiger charge is -2.15. The van der Waals surface area contributed by atoms with Crippen molar-refractivity contribution in [1.29, 1.82) is 0 Å². The number of para-hydroxylation sites is 1. The predicted molar refractivity (Wildman–Crippen MR) is 107 cm³/mol. The van der Waals surface area contributed by atoms with Gasteiger partial charge in [0.05, 0.1) is 16.6 Å². The number of aromatic nitrogens is 2. The largest absolute Gasteiger partial charge is 0.300 e. The number of thioether (sulfide) groups is 1. The lowest BCUT2D eigenvalue weighted by molar-refractivity contribution is -0.117. The van der Waals surface area contributed by atoms with E-state index >= 15 is 0 Å². The van der Waals surface area contributed by atoms with Crippen LogP contribution >= 0.6 is 11.8 Å². The minimum atomic E-state index is -0.0587. The highest BCUT2D eigenvalue weighted by Crippen LogP contribution is 2.24. The summed E-state index contributed by atoms with van der Waals surface area (Å²) in [5.74, 6) is 0.929. The smallest absolute Gasteiger partial charge is 0.266 e. The molecule has 134 valence electrons. The Morgan fingerprint density at radius 2 is 1.92 bits per heavy atom. The summed E-state index contributed by atoms with van der Waals surface area (Å²) < 4.78 is 1.70. The molecule has 0 aliphatic heterocycles. The third-order valence-electron chi connectivity index (χ3n) is 4.24. The van der Waals surface area contributed by atoms with Gasteiger partial charge in [-0.15, -0.1) is 0 Å². The third-order valence-corrected chi connectivity index (χ3v) is 5.27. The van der Waals surface area contributed by atoms with E-state index in [1.807, 2.05) is 50.2 Å². The summed E-state index contributed by atoms with van der Waals surface area (Å²) in [7, 11) is 0. The van der Waals surface area contributed by atoms with Crippen LogP contribution in [0.5, 0.6) is 0 Å². The Labute approximate surface area is 157 Å². The van der Waals surface area contributed by atoms with Crippen LogP contribution in [0.4, 0.5) is 0 Å². The number of hydrogen-bond donors (Lipinski definition) is 0. The summed E-state index contributed by atoms with van der Waals surface area (Å²) in [6.07, 6.45) is 1.32. The fourth-order valence-corrected chi connectivity index (χ4v) is 3.91. The van der Waals surface area contributed by atoms with Gasteiger partial charge < -0.3 is 4.79 Å². The molecule has 0 aliphatic carbocycles. The Bertz CT molecular complexity index is 1020. The van der Waals surface area contributed by atoms with Crippen LogP contribution in [0.2, 0.25) is 0 Å². The lowest BCUT2D eigenvalue weighted by Crippen LogP contribution is -2.22. The van der Waals surface area contributed by atoms with Crippen LogP contribution in [-0.4, -0.2) is 21.1 Å². The van der Waals surface area contributed by atoms with Crippen molar-refractivity contribution in [3.8, 4) is 5.69 Å². The third kappa shape index (κ3) is 3.88. The quantitative estimate of drug-likeness (QED) is 0.367. The summed E-state index contributed by atoms with van der Waals surface area (Å²) in [4.78, 5) is 29.1. The molecule has 1 aromatic heterocycles.